The van der Waals surface area contributed by atoms with Crippen molar-refractivity contribution in [1.82, 2.24) is 0 Å². The summed E-state index contributed by atoms with van der Waals surface area (Å²) in [5, 5.41) is 3.05. The van der Waals surface area contributed by atoms with Crippen molar-refractivity contribution >= 4 is 33.5 Å². The van der Waals surface area contributed by atoms with Crippen LogP contribution in [0.3, 0.4) is 0 Å². The second kappa shape index (κ2) is 7.16. The molecular formula is C22H22O4. The SMILES string of the molecule is CCC(=O)Oc1c2ccc(C)cc2c(OC(=O)CC)c2ccc(C)cc12. The molecule has 0 bridgehead atoms. The Kier molecular flexibility index (Phi) is 4.94. The molecule has 0 radical (unpaired) electrons. The number of hydrogen-bond donors (Lipinski definition) is 0. The van der Waals surface area contributed by atoms with Crippen LogP contribution < -0.4 is 9.47 Å². The Bertz CT molecular complexity index is 934. The van der Waals surface area contributed by atoms with E-state index < -0.39 is 0 Å². The predicted octanol–water partition coefficient (Wildman–Crippen LogP) is 5.24. The Balaban J connectivity index is 2.43. The Morgan fingerprint density at radius 1 is 0.692 bits per heavy atom. The fraction of sp³-hybridized carbons (Fsp3) is 0.273. The van der Waals surface area contributed by atoms with Gasteiger partial charge in [-0.3, -0.25) is 9.59 Å². The van der Waals surface area contributed by atoms with Crippen molar-refractivity contribution in [2.75, 3.05) is 0 Å². The highest BCUT2D eigenvalue weighted by atomic mass is 16.5. The third-order valence-corrected chi connectivity index (χ3v) is 4.34. The molecule has 3 aromatic carbocycles. The molecule has 0 N–H and O–H groups in total. The van der Waals surface area contributed by atoms with Crippen LogP contribution >= 0.6 is 0 Å². The van der Waals surface area contributed by atoms with E-state index >= 15 is 0 Å². The van der Waals surface area contributed by atoms with Gasteiger partial charge in [0.25, 0.3) is 0 Å². The van der Waals surface area contributed by atoms with Crippen molar-refractivity contribution in [2.24, 2.45) is 0 Å². The first-order valence-corrected chi connectivity index (χ1v) is 8.82. The highest BCUT2D eigenvalue weighted by molar-refractivity contribution is 6.13. The van der Waals surface area contributed by atoms with Crippen molar-refractivity contribution in [3.63, 3.8) is 0 Å². The molecule has 0 saturated carbocycles. The standard InChI is InChI=1S/C22H22O4/c1-5-19(23)25-21-15-9-7-14(4)12-18(15)22(26-20(24)6-2)16-10-8-13(3)11-17(16)21/h7-12H,5-6H2,1-4H3. The number of esters is 2. The summed E-state index contributed by atoms with van der Waals surface area (Å²) in [5.41, 5.74) is 2.07. The minimum Gasteiger partial charge on any atom is -0.425 e. The lowest BCUT2D eigenvalue weighted by Crippen LogP contribution is -2.09. The van der Waals surface area contributed by atoms with Crippen molar-refractivity contribution in [3.05, 3.63) is 47.5 Å². The van der Waals surface area contributed by atoms with Crippen LogP contribution in [0, 0.1) is 13.8 Å². The lowest BCUT2D eigenvalue weighted by molar-refractivity contribution is -0.134. The van der Waals surface area contributed by atoms with Gasteiger partial charge in [0.2, 0.25) is 0 Å². The zero-order valence-electron chi connectivity index (χ0n) is 15.5. The minimum absolute atomic E-state index is 0.285. The van der Waals surface area contributed by atoms with Gasteiger partial charge in [-0.25, -0.2) is 0 Å². The summed E-state index contributed by atoms with van der Waals surface area (Å²) in [6.07, 6.45) is 0.570. The summed E-state index contributed by atoms with van der Waals surface area (Å²) in [6.45, 7) is 7.48. The van der Waals surface area contributed by atoms with E-state index in [4.69, 9.17) is 9.47 Å². The maximum atomic E-state index is 12.0. The van der Waals surface area contributed by atoms with Gasteiger partial charge in [0.15, 0.2) is 0 Å². The molecule has 0 atom stereocenters. The molecule has 0 saturated heterocycles. The first kappa shape index (κ1) is 17.9. The van der Waals surface area contributed by atoms with Gasteiger partial charge in [-0.1, -0.05) is 49.2 Å². The highest BCUT2D eigenvalue weighted by Gasteiger charge is 2.19. The van der Waals surface area contributed by atoms with Crippen LogP contribution in [0.4, 0.5) is 0 Å². The Morgan fingerprint density at radius 2 is 1.08 bits per heavy atom. The lowest BCUT2D eigenvalue weighted by atomic mass is 9.97. The number of carbonyl (C=O) groups is 2. The van der Waals surface area contributed by atoms with Crippen molar-refractivity contribution in [1.29, 1.82) is 0 Å². The fourth-order valence-electron chi connectivity index (χ4n) is 2.97. The zero-order chi connectivity index (χ0) is 18.8. The van der Waals surface area contributed by atoms with Crippen LogP contribution in [-0.4, -0.2) is 11.9 Å². The number of carbonyl (C=O) groups excluding carboxylic acids is 2. The Labute approximate surface area is 152 Å². The first-order chi connectivity index (χ1) is 12.4. The molecule has 4 nitrogen and oxygen atoms in total. The van der Waals surface area contributed by atoms with E-state index in [1.807, 2.05) is 50.2 Å². The summed E-state index contributed by atoms with van der Waals surface area (Å²) in [5.74, 6) is 0.435. The summed E-state index contributed by atoms with van der Waals surface area (Å²) in [4.78, 5) is 24.0. The molecule has 26 heavy (non-hydrogen) atoms. The summed E-state index contributed by atoms with van der Waals surface area (Å²) in [7, 11) is 0. The van der Waals surface area contributed by atoms with E-state index in [0.717, 1.165) is 32.7 Å². The third kappa shape index (κ3) is 3.27. The summed E-state index contributed by atoms with van der Waals surface area (Å²) < 4.78 is 11.4. The number of ether oxygens (including phenoxy) is 2. The van der Waals surface area contributed by atoms with E-state index in [2.05, 4.69) is 0 Å². The van der Waals surface area contributed by atoms with E-state index in [9.17, 15) is 9.59 Å². The molecule has 3 aromatic rings. The van der Waals surface area contributed by atoms with E-state index in [-0.39, 0.29) is 24.8 Å². The van der Waals surface area contributed by atoms with E-state index in [0.29, 0.717) is 11.5 Å². The number of aryl methyl sites for hydroxylation is 2. The lowest BCUT2D eigenvalue weighted by Gasteiger charge is -2.17. The number of rotatable bonds is 4. The van der Waals surface area contributed by atoms with Crippen LogP contribution in [0.25, 0.3) is 21.5 Å². The second-order valence-electron chi connectivity index (χ2n) is 6.41. The molecule has 0 aliphatic heterocycles. The number of hydrogen-bond acceptors (Lipinski definition) is 4. The van der Waals surface area contributed by atoms with Gasteiger partial charge >= 0.3 is 11.9 Å². The molecule has 0 fully saturated rings. The predicted molar refractivity (Wildman–Crippen MR) is 103 cm³/mol. The average Bonchev–Trinajstić information content (AvgIpc) is 2.63. The highest BCUT2D eigenvalue weighted by Crippen LogP contribution is 2.43. The number of fused-ring (bicyclic) bond motifs is 2. The Hall–Kier alpha value is -2.88. The summed E-state index contributed by atoms with van der Waals surface area (Å²) >= 11 is 0. The fourth-order valence-corrected chi connectivity index (χ4v) is 2.97. The van der Waals surface area contributed by atoms with Gasteiger partial charge < -0.3 is 9.47 Å². The van der Waals surface area contributed by atoms with Crippen molar-refractivity contribution in [2.45, 2.75) is 40.5 Å². The molecule has 0 heterocycles. The van der Waals surface area contributed by atoms with Crippen LogP contribution in [0.5, 0.6) is 11.5 Å². The molecule has 0 unspecified atom stereocenters. The molecule has 0 aliphatic carbocycles. The van der Waals surface area contributed by atoms with Crippen LogP contribution in [-0.2, 0) is 9.59 Å². The van der Waals surface area contributed by atoms with Gasteiger partial charge in [0.05, 0.1) is 0 Å². The molecule has 0 aromatic heterocycles. The molecule has 4 heteroatoms. The molecule has 0 amide bonds. The zero-order valence-corrected chi connectivity index (χ0v) is 15.5. The molecule has 0 spiro atoms. The first-order valence-electron chi connectivity index (χ1n) is 8.82. The van der Waals surface area contributed by atoms with Crippen molar-refractivity contribution < 1.29 is 19.1 Å². The van der Waals surface area contributed by atoms with Gasteiger partial charge in [-0.2, -0.15) is 0 Å². The second-order valence-corrected chi connectivity index (χ2v) is 6.41. The molecular weight excluding hydrogens is 328 g/mol. The number of benzene rings is 3. The van der Waals surface area contributed by atoms with Crippen molar-refractivity contribution in [3.8, 4) is 11.5 Å². The maximum Gasteiger partial charge on any atom is 0.310 e. The molecule has 134 valence electrons. The maximum absolute atomic E-state index is 12.0. The van der Waals surface area contributed by atoms with Crippen LogP contribution in [0.2, 0.25) is 0 Å². The smallest absolute Gasteiger partial charge is 0.310 e. The van der Waals surface area contributed by atoms with Gasteiger partial charge in [0.1, 0.15) is 11.5 Å². The van der Waals surface area contributed by atoms with Gasteiger partial charge in [-0.15, -0.1) is 0 Å². The van der Waals surface area contributed by atoms with Gasteiger partial charge in [-0.05, 0) is 26.0 Å². The monoisotopic (exact) mass is 350 g/mol. The van der Waals surface area contributed by atoms with Crippen LogP contribution in [0.1, 0.15) is 37.8 Å². The van der Waals surface area contributed by atoms with E-state index in [1.165, 1.54) is 0 Å². The van der Waals surface area contributed by atoms with E-state index in [1.54, 1.807) is 13.8 Å². The Morgan fingerprint density at radius 3 is 1.42 bits per heavy atom. The average molecular weight is 350 g/mol. The molecule has 0 aliphatic rings. The van der Waals surface area contributed by atoms with Crippen LogP contribution in [0.15, 0.2) is 36.4 Å². The molecule has 3 rings (SSSR count). The third-order valence-electron chi connectivity index (χ3n) is 4.34. The topological polar surface area (TPSA) is 52.6 Å². The summed E-state index contributed by atoms with van der Waals surface area (Å²) in [6, 6.07) is 11.6. The normalized spacial score (nSPS) is 10.9. The minimum atomic E-state index is -0.298. The largest absolute Gasteiger partial charge is 0.425 e. The van der Waals surface area contributed by atoms with Gasteiger partial charge in [0, 0.05) is 34.4 Å². The quantitative estimate of drug-likeness (QED) is 0.367.